The minimum absolute atomic E-state index is 0.215. The zero-order valence-electron chi connectivity index (χ0n) is 20.6. The topological polar surface area (TPSA) is 44.8 Å². The van der Waals surface area contributed by atoms with Crippen molar-refractivity contribution in [3.05, 3.63) is 71.0 Å². The molecular formula is C29H32FN3O2. The first-order valence-corrected chi connectivity index (χ1v) is 12.3. The van der Waals surface area contributed by atoms with Crippen LogP contribution in [0.3, 0.4) is 0 Å². The van der Waals surface area contributed by atoms with Gasteiger partial charge in [0.05, 0.1) is 0 Å². The number of halogens is 1. The van der Waals surface area contributed by atoms with Crippen LogP contribution in [-0.4, -0.2) is 62.1 Å². The number of nitrogens with one attached hydrogen (secondary N) is 1. The van der Waals surface area contributed by atoms with Gasteiger partial charge in [0.25, 0.3) is 5.91 Å². The predicted molar refractivity (Wildman–Crippen MR) is 139 cm³/mol. The molecule has 1 N–H and O–H groups in total. The summed E-state index contributed by atoms with van der Waals surface area (Å²) in [5.74, 6) is 0.271. The van der Waals surface area contributed by atoms with Crippen molar-refractivity contribution in [3.63, 3.8) is 0 Å². The summed E-state index contributed by atoms with van der Waals surface area (Å²) in [7, 11) is 4.32. The van der Waals surface area contributed by atoms with E-state index in [0.717, 1.165) is 47.6 Å². The Labute approximate surface area is 206 Å². The summed E-state index contributed by atoms with van der Waals surface area (Å²) in [6.07, 6.45) is 4.24. The average Bonchev–Trinajstić information content (AvgIpc) is 3.20. The van der Waals surface area contributed by atoms with Gasteiger partial charge in [-0.15, -0.1) is 0 Å². The normalized spacial score (nSPS) is 17.9. The minimum atomic E-state index is -0.359. The third-order valence-corrected chi connectivity index (χ3v) is 7.23. The molecule has 1 saturated heterocycles. The molecule has 0 unspecified atom stereocenters. The number of fused-ring (bicyclic) bond motifs is 2. The molecule has 2 aliphatic carbocycles. The summed E-state index contributed by atoms with van der Waals surface area (Å²) in [6.45, 7) is 5.79. The van der Waals surface area contributed by atoms with Gasteiger partial charge < -0.3 is 15.0 Å². The first-order valence-electron chi connectivity index (χ1n) is 12.3. The Morgan fingerprint density at radius 3 is 2.66 bits per heavy atom. The molecule has 2 aliphatic heterocycles. The lowest BCUT2D eigenvalue weighted by molar-refractivity contribution is -0.110. The molecular weight excluding hydrogens is 441 g/mol. The number of carbonyl (C=O) groups excluding carboxylic acids is 1. The number of likely N-dealkylation sites (tertiary alicyclic amines) is 1. The number of hydrogen-bond acceptors (Lipinski definition) is 4. The lowest BCUT2D eigenvalue weighted by Crippen LogP contribution is -2.43. The van der Waals surface area contributed by atoms with Crippen molar-refractivity contribution in [2.24, 2.45) is 0 Å². The highest BCUT2D eigenvalue weighted by Gasteiger charge is 2.26. The van der Waals surface area contributed by atoms with Gasteiger partial charge in [0.15, 0.2) is 0 Å². The lowest BCUT2D eigenvalue weighted by atomic mass is 10.0. The molecule has 0 bridgehead atoms. The van der Waals surface area contributed by atoms with Crippen LogP contribution >= 0.6 is 0 Å². The van der Waals surface area contributed by atoms with Crippen LogP contribution in [0.4, 0.5) is 10.1 Å². The Kier molecular flexibility index (Phi) is 6.58. The van der Waals surface area contributed by atoms with Crippen molar-refractivity contribution in [2.45, 2.75) is 25.8 Å². The van der Waals surface area contributed by atoms with Crippen molar-refractivity contribution in [1.82, 2.24) is 9.80 Å². The number of hydrogen-bond donors (Lipinski definition) is 1. The molecule has 1 fully saturated rings. The van der Waals surface area contributed by atoms with Crippen LogP contribution < -0.4 is 10.1 Å². The average molecular weight is 474 g/mol. The third kappa shape index (κ3) is 4.81. The summed E-state index contributed by atoms with van der Waals surface area (Å²) in [4.78, 5) is 17.4. The summed E-state index contributed by atoms with van der Waals surface area (Å²) < 4.78 is 20.2. The molecule has 182 valence electrons. The van der Waals surface area contributed by atoms with Crippen LogP contribution in [0.2, 0.25) is 0 Å². The molecule has 1 aromatic carbocycles. The Bertz CT molecular complexity index is 1240. The Balaban J connectivity index is 1.35. The van der Waals surface area contributed by atoms with E-state index < -0.39 is 0 Å². The van der Waals surface area contributed by atoms with E-state index in [4.69, 9.17) is 4.74 Å². The van der Waals surface area contributed by atoms with Gasteiger partial charge in [-0.2, -0.15) is 0 Å². The van der Waals surface area contributed by atoms with Crippen LogP contribution in [0.25, 0.3) is 22.8 Å². The fourth-order valence-electron chi connectivity index (χ4n) is 5.27. The van der Waals surface area contributed by atoms with Crippen LogP contribution in [0.1, 0.15) is 29.5 Å². The lowest BCUT2D eigenvalue weighted by Gasteiger charge is -2.35. The molecule has 1 aromatic rings. The van der Waals surface area contributed by atoms with E-state index in [1.54, 1.807) is 6.07 Å². The molecule has 0 atom stereocenters. The molecule has 0 saturated carbocycles. The standard InChI is InChI=1S/C29H32FN3O2/c1-19-16-20(17-25-24-18-21(30)8-9-26(24)31-29(25)34)23-6-4-5-7-27(28(19)23)35-15-14-33-12-10-22(11-13-33)32(2)3/h4-9,16-18,22H,10-15H2,1-3H3,(H,31,34)/b25-17+. The molecule has 0 spiro atoms. The van der Waals surface area contributed by atoms with E-state index in [-0.39, 0.29) is 11.7 Å². The van der Waals surface area contributed by atoms with Crippen molar-refractivity contribution in [1.29, 1.82) is 0 Å². The van der Waals surface area contributed by atoms with E-state index in [1.807, 2.05) is 30.3 Å². The molecule has 0 aromatic heterocycles. The van der Waals surface area contributed by atoms with E-state index in [1.165, 1.54) is 25.0 Å². The van der Waals surface area contributed by atoms with E-state index in [9.17, 15) is 9.18 Å². The number of amides is 1. The van der Waals surface area contributed by atoms with Gasteiger partial charge in [0, 0.05) is 35.0 Å². The second-order valence-electron chi connectivity index (χ2n) is 9.74. The number of anilines is 1. The van der Waals surface area contributed by atoms with Crippen molar-refractivity contribution < 1.29 is 13.9 Å². The molecule has 35 heavy (non-hydrogen) atoms. The third-order valence-electron chi connectivity index (χ3n) is 7.23. The highest BCUT2D eigenvalue weighted by molar-refractivity contribution is 6.35. The quantitative estimate of drug-likeness (QED) is 0.504. The van der Waals surface area contributed by atoms with Crippen molar-refractivity contribution in [3.8, 4) is 16.9 Å². The van der Waals surface area contributed by atoms with Crippen LogP contribution in [0.5, 0.6) is 5.75 Å². The SMILES string of the molecule is Cc1cc(/C=C2/C(=O)Nc3ccc(F)cc32)c2ccccc(OCCN3CCC(N(C)C)CC3)c1-2. The van der Waals surface area contributed by atoms with Crippen molar-refractivity contribution >= 4 is 23.2 Å². The van der Waals surface area contributed by atoms with E-state index in [2.05, 4.69) is 42.2 Å². The van der Waals surface area contributed by atoms with Gasteiger partial charge in [-0.05, 0) is 94.0 Å². The molecule has 1 amide bonds. The van der Waals surface area contributed by atoms with Crippen LogP contribution in [0, 0.1) is 12.7 Å². The zero-order valence-corrected chi connectivity index (χ0v) is 20.6. The molecule has 5 rings (SSSR count). The first kappa shape index (κ1) is 23.5. The second kappa shape index (κ2) is 9.80. The molecule has 0 radical (unpaired) electrons. The largest absolute Gasteiger partial charge is 0.492 e. The maximum Gasteiger partial charge on any atom is 0.256 e. The summed E-state index contributed by atoms with van der Waals surface area (Å²) in [5, 5.41) is 2.83. The van der Waals surface area contributed by atoms with Crippen LogP contribution in [0.15, 0.2) is 48.5 Å². The van der Waals surface area contributed by atoms with Gasteiger partial charge >= 0.3 is 0 Å². The molecule has 6 heteroatoms. The fraction of sp³-hybridized carbons (Fsp3) is 0.345. The number of piperidine rings is 1. The summed E-state index contributed by atoms with van der Waals surface area (Å²) in [5.41, 5.74) is 5.78. The number of benzene rings is 1. The molecule has 2 heterocycles. The van der Waals surface area contributed by atoms with Crippen LogP contribution in [-0.2, 0) is 4.79 Å². The van der Waals surface area contributed by atoms with Gasteiger partial charge in [-0.1, -0.05) is 24.3 Å². The second-order valence-corrected chi connectivity index (χ2v) is 9.74. The number of carbonyl (C=O) groups is 1. The fourth-order valence-corrected chi connectivity index (χ4v) is 5.27. The summed E-state index contributed by atoms with van der Waals surface area (Å²) in [6, 6.07) is 15.2. The molecule has 4 aliphatic rings. The Hall–Kier alpha value is -3.22. The van der Waals surface area contributed by atoms with Gasteiger partial charge in [-0.25, -0.2) is 4.39 Å². The Morgan fingerprint density at radius 1 is 1.11 bits per heavy atom. The first-order chi connectivity index (χ1) is 16.9. The van der Waals surface area contributed by atoms with E-state index >= 15 is 0 Å². The predicted octanol–water partition coefficient (Wildman–Crippen LogP) is 5.14. The van der Waals surface area contributed by atoms with Gasteiger partial charge in [0.2, 0.25) is 0 Å². The zero-order chi connectivity index (χ0) is 24.5. The number of ether oxygens (including phenoxy) is 1. The maximum atomic E-state index is 13.9. The highest BCUT2D eigenvalue weighted by atomic mass is 19.1. The molecule has 5 nitrogen and oxygen atoms in total. The smallest absolute Gasteiger partial charge is 0.256 e. The number of aryl methyl sites for hydroxylation is 1. The van der Waals surface area contributed by atoms with Gasteiger partial charge in [-0.3, -0.25) is 9.69 Å². The number of nitrogens with zero attached hydrogens (tertiary/aromatic N) is 2. The Morgan fingerprint density at radius 2 is 1.89 bits per heavy atom. The van der Waals surface area contributed by atoms with Crippen molar-refractivity contribution in [2.75, 3.05) is 45.7 Å². The highest BCUT2D eigenvalue weighted by Crippen LogP contribution is 2.41. The number of rotatable bonds is 6. The maximum absolute atomic E-state index is 13.9. The monoisotopic (exact) mass is 473 g/mol. The summed E-state index contributed by atoms with van der Waals surface area (Å²) >= 11 is 0. The van der Waals surface area contributed by atoms with Gasteiger partial charge in [0.1, 0.15) is 18.2 Å². The van der Waals surface area contributed by atoms with E-state index in [0.29, 0.717) is 29.5 Å². The minimum Gasteiger partial charge on any atom is -0.492 e.